The Hall–Kier alpha value is -3.88. The van der Waals surface area contributed by atoms with Crippen molar-refractivity contribution in [3.63, 3.8) is 0 Å². The molecule has 1 heterocycles. The number of aliphatic carboxylic acids is 1. The second-order valence-electron chi connectivity index (χ2n) is 9.37. The average molecular weight is 566 g/mol. The highest BCUT2D eigenvalue weighted by Crippen LogP contribution is 2.49. The van der Waals surface area contributed by atoms with Gasteiger partial charge in [-0.1, -0.05) is 66.2 Å². The van der Waals surface area contributed by atoms with E-state index in [1.807, 2.05) is 42.5 Å². The summed E-state index contributed by atoms with van der Waals surface area (Å²) in [7, 11) is 1.57. The van der Waals surface area contributed by atoms with Crippen LogP contribution in [-0.2, 0) is 14.9 Å². The van der Waals surface area contributed by atoms with Crippen LogP contribution in [0.2, 0.25) is 4.34 Å². The summed E-state index contributed by atoms with van der Waals surface area (Å²) in [6, 6.07) is 20.9. The molecule has 0 bridgehead atoms. The van der Waals surface area contributed by atoms with E-state index < -0.39 is 29.4 Å². The SMILES string of the molecule is COc1cc(-c2sc(Cl)cc2NC(=O)O[C@H](C)c2ccccc2F)ccc1-c1ccc(C2(C(=O)O)CC2)cc1. The molecule has 0 saturated heterocycles. The van der Waals surface area contributed by atoms with Crippen LogP contribution in [0.15, 0.2) is 72.8 Å². The van der Waals surface area contributed by atoms with Crippen LogP contribution in [0.3, 0.4) is 0 Å². The number of halogens is 2. The normalized spacial score (nSPS) is 14.4. The molecule has 0 aliphatic heterocycles. The van der Waals surface area contributed by atoms with Gasteiger partial charge in [-0.3, -0.25) is 10.1 Å². The molecule has 0 unspecified atom stereocenters. The van der Waals surface area contributed by atoms with Crippen molar-refractivity contribution in [3.8, 4) is 27.3 Å². The summed E-state index contributed by atoms with van der Waals surface area (Å²) in [5.74, 6) is -0.638. The van der Waals surface area contributed by atoms with Crippen molar-refractivity contribution in [2.75, 3.05) is 12.4 Å². The molecule has 1 fully saturated rings. The number of carboxylic acids is 1. The zero-order valence-electron chi connectivity index (χ0n) is 21.2. The molecule has 9 heteroatoms. The van der Waals surface area contributed by atoms with Crippen molar-refractivity contribution in [2.24, 2.45) is 0 Å². The van der Waals surface area contributed by atoms with Crippen LogP contribution in [0.5, 0.6) is 5.75 Å². The number of carbonyl (C=O) groups is 2. The van der Waals surface area contributed by atoms with Gasteiger partial charge in [-0.2, -0.15) is 0 Å². The predicted molar refractivity (Wildman–Crippen MR) is 150 cm³/mol. The second kappa shape index (κ2) is 10.7. The van der Waals surface area contributed by atoms with E-state index in [1.54, 1.807) is 38.3 Å². The highest BCUT2D eigenvalue weighted by atomic mass is 35.5. The molecule has 1 aliphatic rings. The predicted octanol–water partition coefficient (Wildman–Crippen LogP) is 8.31. The Morgan fingerprint density at radius 3 is 2.38 bits per heavy atom. The Balaban J connectivity index is 1.37. The number of benzene rings is 3. The molecule has 1 saturated carbocycles. The summed E-state index contributed by atoms with van der Waals surface area (Å²) in [5, 5.41) is 12.3. The van der Waals surface area contributed by atoms with Crippen molar-refractivity contribution in [1.82, 2.24) is 0 Å². The van der Waals surface area contributed by atoms with Gasteiger partial charge < -0.3 is 14.6 Å². The maximum absolute atomic E-state index is 14.1. The van der Waals surface area contributed by atoms with E-state index in [4.69, 9.17) is 21.1 Å². The Morgan fingerprint density at radius 2 is 1.74 bits per heavy atom. The topological polar surface area (TPSA) is 84.9 Å². The molecule has 3 aromatic carbocycles. The first-order valence-corrected chi connectivity index (χ1v) is 13.5. The van der Waals surface area contributed by atoms with Crippen LogP contribution >= 0.6 is 22.9 Å². The van der Waals surface area contributed by atoms with Crippen LogP contribution in [0.1, 0.15) is 37.0 Å². The maximum atomic E-state index is 14.1. The van der Waals surface area contributed by atoms with Crippen molar-refractivity contribution in [1.29, 1.82) is 0 Å². The molecule has 0 radical (unpaired) electrons. The molecule has 5 rings (SSSR count). The van der Waals surface area contributed by atoms with Crippen LogP contribution in [-0.4, -0.2) is 24.3 Å². The largest absolute Gasteiger partial charge is 0.496 e. The van der Waals surface area contributed by atoms with Gasteiger partial charge in [0.2, 0.25) is 0 Å². The molecule has 0 spiro atoms. The van der Waals surface area contributed by atoms with Gasteiger partial charge in [0, 0.05) is 11.1 Å². The zero-order chi connectivity index (χ0) is 27.7. The van der Waals surface area contributed by atoms with Gasteiger partial charge in [0.05, 0.1) is 27.4 Å². The summed E-state index contributed by atoms with van der Waals surface area (Å²) in [6.45, 7) is 1.60. The van der Waals surface area contributed by atoms with E-state index >= 15 is 0 Å². The molecular weight excluding hydrogens is 541 g/mol. The van der Waals surface area contributed by atoms with E-state index in [0.29, 0.717) is 33.5 Å². The van der Waals surface area contributed by atoms with Crippen LogP contribution < -0.4 is 10.1 Å². The van der Waals surface area contributed by atoms with Gasteiger partial charge in [0.1, 0.15) is 17.7 Å². The van der Waals surface area contributed by atoms with E-state index in [1.165, 1.54) is 17.4 Å². The number of carboxylic acid groups (broad SMARTS) is 1. The lowest BCUT2D eigenvalue weighted by atomic mass is 9.93. The van der Waals surface area contributed by atoms with Crippen LogP contribution in [0, 0.1) is 5.82 Å². The third-order valence-electron chi connectivity index (χ3n) is 6.94. The zero-order valence-corrected chi connectivity index (χ0v) is 22.7. The number of hydrogen-bond donors (Lipinski definition) is 2. The number of methoxy groups -OCH3 is 1. The van der Waals surface area contributed by atoms with Crippen LogP contribution in [0.25, 0.3) is 21.6 Å². The summed E-state index contributed by atoms with van der Waals surface area (Å²) in [4.78, 5) is 25.0. The van der Waals surface area contributed by atoms with Gasteiger partial charge in [0.15, 0.2) is 0 Å². The summed E-state index contributed by atoms with van der Waals surface area (Å²) >= 11 is 7.59. The molecule has 1 aliphatic carbocycles. The lowest BCUT2D eigenvalue weighted by Crippen LogP contribution is -2.19. The summed E-state index contributed by atoms with van der Waals surface area (Å²) in [6.07, 6.45) is -0.232. The fraction of sp³-hybridized carbons (Fsp3) is 0.200. The number of thiophene rings is 1. The molecule has 6 nitrogen and oxygen atoms in total. The van der Waals surface area contributed by atoms with Crippen molar-refractivity contribution in [3.05, 3.63) is 94.1 Å². The lowest BCUT2D eigenvalue weighted by molar-refractivity contribution is -0.140. The van der Waals surface area contributed by atoms with Gasteiger partial charge >= 0.3 is 12.1 Å². The van der Waals surface area contributed by atoms with Crippen molar-refractivity contribution < 1.29 is 28.6 Å². The number of ether oxygens (including phenoxy) is 2. The fourth-order valence-corrected chi connectivity index (χ4v) is 5.80. The minimum atomic E-state index is -0.792. The maximum Gasteiger partial charge on any atom is 0.412 e. The molecule has 39 heavy (non-hydrogen) atoms. The third kappa shape index (κ3) is 5.35. The highest BCUT2D eigenvalue weighted by Gasteiger charge is 2.51. The highest BCUT2D eigenvalue weighted by molar-refractivity contribution is 7.20. The van der Waals surface area contributed by atoms with E-state index in [0.717, 1.165) is 22.3 Å². The number of hydrogen-bond acceptors (Lipinski definition) is 5. The number of amides is 1. The van der Waals surface area contributed by atoms with E-state index in [2.05, 4.69) is 5.32 Å². The molecule has 1 aromatic heterocycles. The number of carbonyl (C=O) groups excluding carboxylic acids is 1. The first-order valence-electron chi connectivity index (χ1n) is 12.3. The Bertz CT molecular complexity index is 1550. The molecule has 1 atom stereocenters. The Kier molecular flexibility index (Phi) is 7.34. The average Bonchev–Trinajstić information content (AvgIpc) is 3.66. The molecular formula is C30H25ClFNO5S. The molecule has 1 amide bonds. The molecule has 4 aromatic rings. The quantitative estimate of drug-likeness (QED) is 0.224. The first-order chi connectivity index (χ1) is 18.7. The molecule has 200 valence electrons. The lowest BCUT2D eigenvalue weighted by Gasteiger charge is -2.16. The second-order valence-corrected chi connectivity index (χ2v) is 11.1. The minimum absolute atomic E-state index is 0.278. The summed E-state index contributed by atoms with van der Waals surface area (Å²) < 4.78 is 25.6. The monoisotopic (exact) mass is 565 g/mol. The number of rotatable bonds is 8. The van der Waals surface area contributed by atoms with Crippen LogP contribution in [0.4, 0.5) is 14.9 Å². The molecule has 2 N–H and O–H groups in total. The third-order valence-corrected chi connectivity index (χ3v) is 8.25. The standard InChI is InChI=1S/C30H25ClFNO5S/c1-17(21-5-3-4-6-23(21)32)38-29(36)33-24-16-26(31)39-27(24)19-9-12-22(25(15-19)37-2)18-7-10-20(11-8-18)30(13-14-30)28(34)35/h3-12,15-17H,13-14H2,1-2H3,(H,33,36)(H,34,35)/t17-/m1/s1. The van der Waals surface area contributed by atoms with E-state index in [9.17, 15) is 19.1 Å². The van der Waals surface area contributed by atoms with Gasteiger partial charge in [-0.15, -0.1) is 11.3 Å². The summed E-state index contributed by atoms with van der Waals surface area (Å²) in [5.41, 5.74) is 3.26. The fourth-order valence-electron chi connectivity index (χ4n) is 4.63. The number of anilines is 1. The van der Waals surface area contributed by atoms with Crippen molar-refractivity contribution in [2.45, 2.75) is 31.3 Å². The van der Waals surface area contributed by atoms with Gasteiger partial charge in [-0.25, -0.2) is 9.18 Å². The Labute approximate surface area is 234 Å². The first kappa shape index (κ1) is 26.7. The minimum Gasteiger partial charge on any atom is -0.496 e. The Morgan fingerprint density at radius 1 is 1.05 bits per heavy atom. The van der Waals surface area contributed by atoms with Gasteiger partial charge in [0.25, 0.3) is 0 Å². The van der Waals surface area contributed by atoms with Gasteiger partial charge in [-0.05, 0) is 54.7 Å². The van der Waals surface area contributed by atoms with Crippen molar-refractivity contribution >= 4 is 40.7 Å². The number of nitrogens with one attached hydrogen (secondary N) is 1. The van der Waals surface area contributed by atoms with E-state index in [-0.39, 0.29) is 5.56 Å². The smallest absolute Gasteiger partial charge is 0.412 e.